The van der Waals surface area contributed by atoms with Crippen molar-refractivity contribution >= 4 is 17.0 Å². The average molecular weight is 262 g/mol. The van der Waals surface area contributed by atoms with Gasteiger partial charge in [-0.15, -0.1) is 0 Å². The van der Waals surface area contributed by atoms with Gasteiger partial charge in [0.1, 0.15) is 11.2 Å². The van der Waals surface area contributed by atoms with E-state index >= 15 is 0 Å². The number of fused-ring (bicyclic) bond motifs is 1. The van der Waals surface area contributed by atoms with Gasteiger partial charge in [-0.25, -0.2) is 4.79 Å². The summed E-state index contributed by atoms with van der Waals surface area (Å²) in [4.78, 5) is 27.3. The molecule has 2 rings (SSSR count). The van der Waals surface area contributed by atoms with Crippen LogP contribution in [-0.4, -0.2) is 27.2 Å². The van der Waals surface area contributed by atoms with Crippen molar-refractivity contribution < 1.29 is 14.6 Å². The third kappa shape index (κ3) is 2.29. The predicted octanol–water partition coefficient (Wildman–Crippen LogP) is 1.51. The number of carbonyl (C=O) groups is 1. The van der Waals surface area contributed by atoms with Crippen LogP contribution < -0.4 is 10.2 Å². The van der Waals surface area contributed by atoms with E-state index in [4.69, 9.17) is 9.84 Å². The minimum Gasteiger partial charge on any atom is -0.478 e. The zero-order valence-corrected chi connectivity index (χ0v) is 10.7. The van der Waals surface area contributed by atoms with Gasteiger partial charge in [0.05, 0.1) is 12.0 Å². The number of hydrogen-bond donors (Lipinski definition) is 1. The summed E-state index contributed by atoms with van der Waals surface area (Å²) in [6.45, 7) is 4.68. The monoisotopic (exact) mass is 262 g/mol. The summed E-state index contributed by atoms with van der Waals surface area (Å²) in [6.07, 6.45) is 1.32. The lowest BCUT2D eigenvalue weighted by Gasteiger charge is -2.10. The lowest BCUT2D eigenvalue weighted by atomic mass is 10.2. The Kier molecular flexibility index (Phi) is 3.50. The Hall–Kier alpha value is -2.37. The first kappa shape index (κ1) is 13.1. The van der Waals surface area contributed by atoms with Gasteiger partial charge in [-0.3, -0.25) is 4.79 Å². The highest BCUT2D eigenvalue weighted by molar-refractivity contribution is 5.91. The van der Waals surface area contributed by atoms with Crippen LogP contribution in [0.15, 0.2) is 23.1 Å². The van der Waals surface area contributed by atoms with Crippen LogP contribution in [0.2, 0.25) is 0 Å². The molecule has 2 aromatic heterocycles. The highest BCUT2D eigenvalue weighted by atomic mass is 16.5. The van der Waals surface area contributed by atoms with Crippen LogP contribution in [0.4, 0.5) is 0 Å². The molecule has 2 heterocycles. The first-order chi connectivity index (χ1) is 9.08. The molecule has 6 nitrogen and oxygen atoms in total. The van der Waals surface area contributed by atoms with Gasteiger partial charge >= 0.3 is 5.97 Å². The zero-order chi connectivity index (χ0) is 14.0. The first-order valence-corrected chi connectivity index (χ1v) is 5.98. The van der Waals surface area contributed by atoms with Crippen LogP contribution in [0.25, 0.3) is 11.0 Å². The maximum absolute atomic E-state index is 12.0. The molecule has 6 heteroatoms. The second-order valence-electron chi connectivity index (χ2n) is 3.92. The second kappa shape index (κ2) is 5.09. The Bertz CT molecular complexity index is 691. The first-order valence-electron chi connectivity index (χ1n) is 5.98. The Morgan fingerprint density at radius 3 is 2.74 bits per heavy atom. The third-order valence-electron chi connectivity index (χ3n) is 2.76. The van der Waals surface area contributed by atoms with Crippen molar-refractivity contribution in [3.05, 3.63) is 34.1 Å². The van der Waals surface area contributed by atoms with Crippen molar-refractivity contribution in [2.75, 3.05) is 6.61 Å². The van der Waals surface area contributed by atoms with E-state index in [9.17, 15) is 9.59 Å². The van der Waals surface area contributed by atoms with Crippen molar-refractivity contribution in [3.8, 4) is 5.88 Å². The minimum absolute atomic E-state index is 0.250. The predicted molar refractivity (Wildman–Crippen MR) is 69.8 cm³/mol. The number of pyridine rings is 2. The van der Waals surface area contributed by atoms with Gasteiger partial charge in [0.2, 0.25) is 11.3 Å². The second-order valence-corrected chi connectivity index (χ2v) is 3.92. The van der Waals surface area contributed by atoms with E-state index in [0.29, 0.717) is 24.7 Å². The van der Waals surface area contributed by atoms with Gasteiger partial charge in [0, 0.05) is 18.8 Å². The molecule has 0 fully saturated rings. The summed E-state index contributed by atoms with van der Waals surface area (Å²) < 4.78 is 6.92. The van der Waals surface area contributed by atoms with E-state index in [1.54, 1.807) is 16.7 Å². The molecule has 100 valence electrons. The molecule has 1 N–H and O–H groups in total. The number of carboxylic acids is 1. The average Bonchev–Trinajstić information content (AvgIpc) is 2.39. The van der Waals surface area contributed by atoms with Crippen LogP contribution >= 0.6 is 0 Å². The summed E-state index contributed by atoms with van der Waals surface area (Å²) in [5, 5.41) is 9.31. The van der Waals surface area contributed by atoms with Crippen LogP contribution in [0.1, 0.15) is 24.2 Å². The maximum atomic E-state index is 12.0. The molecule has 0 amide bonds. The number of aryl methyl sites for hydroxylation is 1. The summed E-state index contributed by atoms with van der Waals surface area (Å²) in [7, 11) is 0. The van der Waals surface area contributed by atoms with Gasteiger partial charge in [0.25, 0.3) is 0 Å². The maximum Gasteiger partial charge on any atom is 0.341 e. The summed E-state index contributed by atoms with van der Waals surface area (Å²) in [5.74, 6) is -0.817. The van der Waals surface area contributed by atoms with Crippen molar-refractivity contribution in [1.29, 1.82) is 0 Å². The normalized spacial score (nSPS) is 10.6. The van der Waals surface area contributed by atoms with E-state index in [2.05, 4.69) is 4.98 Å². The van der Waals surface area contributed by atoms with E-state index in [-0.39, 0.29) is 10.9 Å². The molecule has 0 aliphatic heterocycles. The van der Waals surface area contributed by atoms with Gasteiger partial charge in [-0.2, -0.15) is 4.98 Å². The fourth-order valence-corrected chi connectivity index (χ4v) is 1.87. The molecular weight excluding hydrogens is 248 g/mol. The van der Waals surface area contributed by atoms with E-state index in [1.165, 1.54) is 6.20 Å². The number of nitrogens with zero attached hydrogens (tertiary/aromatic N) is 2. The molecule has 0 radical (unpaired) electrons. The summed E-state index contributed by atoms with van der Waals surface area (Å²) >= 11 is 0. The van der Waals surface area contributed by atoms with Crippen LogP contribution in [0.3, 0.4) is 0 Å². The molecule has 0 saturated heterocycles. The SMILES string of the molecule is CCOc1ccc2c(=O)c(C(=O)O)cn(CC)c2n1. The standard InChI is InChI=1S/C13H14N2O4/c1-3-15-7-9(13(17)18)11(16)8-5-6-10(19-4-2)14-12(8)15/h5-7H,3-4H2,1-2H3,(H,17,18). The van der Waals surface area contributed by atoms with Crippen LogP contribution in [-0.2, 0) is 6.54 Å². The number of hydrogen-bond acceptors (Lipinski definition) is 4. The molecule has 0 aliphatic carbocycles. The molecule has 0 bridgehead atoms. The Labute approximate surface area is 109 Å². The van der Waals surface area contributed by atoms with Crippen molar-refractivity contribution in [1.82, 2.24) is 9.55 Å². The fraction of sp³-hybridized carbons (Fsp3) is 0.308. The van der Waals surface area contributed by atoms with Crippen molar-refractivity contribution in [2.45, 2.75) is 20.4 Å². The molecule has 0 saturated carbocycles. The van der Waals surface area contributed by atoms with Gasteiger partial charge in [0.15, 0.2) is 0 Å². The van der Waals surface area contributed by atoms with Crippen molar-refractivity contribution in [3.63, 3.8) is 0 Å². The highest BCUT2D eigenvalue weighted by Gasteiger charge is 2.15. The lowest BCUT2D eigenvalue weighted by molar-refractivity contribution is 0.0695. The molecule has 0 aliphatic rings. The quantitative estimate of drug-likeness (QED) is 0.903. The van der Waals surface area contributed by atoms with E-state index in [0.717, 1.165) is 0 Å². The highest BCUT2D eigenvalue weighted by Crippen LogP contribution is 2.15. The summed E-state index contributed by atoms with van der Waals surface area (Å²) in [6, 6.07) is 3.12. The molecule has 0 aromatic carbocycles. The zero-order valence-electron chi connectivity index (χ0n) is 10.7. The molecule has 0 spiro atoms. The lowest BCUT2D eigenvalue weighted by Crippen LogP contribution is -2.19. The Morgan fingerprint density at radius 2 is 2.16 bits per heavy atom. The topological polar surface area (TPSA) is 81.4 Å². The smallest absolute Gasteiger partial charge is 0.341 e. The molecule has 2 aromatic rings. The number of carboxylic acid groups (broad SMARTS) is 1. The number of aromatic carboxylic acids is 1. The van der Waals surface area contributed by atoms with Crippen LogP contribution in [0.5, 0.6) is 5.88 Å². The molecular formula is C13H14N2O4. The van der Waals surface area contributed by atoms with Gasteiger partial charge < -0.3 is 14.4 Å². The minimum atomic E-state index is -1.23. The van der Waals surface area contributed by atoms with E-state index in [1.807, 2.05) is 13.8 Å². The number of aromatic nitrogens is 2. The van der Waals surface area contributed by atoms with Crippen LogP contribution in [0, 0.1) is 0 Å². The fourth-order valence-electron chi connectivity index (χ4n) is 1.87. The molecule has 0 unspecified atom stereocenters. The van der Waals surface area contributed by atoms with Gasteiger partial charge in [-0.1, -0.05) is 0 Å². The van der Waals surface area contributed by atoms with Crippen molar-refractivity contribution in [2.24, 2.45) is 0 Å². The van der Waals surface area contributed by atoms with E-state index < -0.39 is 11.4 Å². The molecule has 0 atom stereocenters. The van der Waals surface area contributed by atoms with Gasteiger partial charge in [-0.05, 0) is 19.9 Å². The largest absolute Gasteiger partial charge is 0.478 e. The number of rotatable bonds is 4. The molecule has 19 heavy (non-hydrogen) atoms. The third-order valence-corrected chi connectivity index (χ3v) is 2.76. The Morgan fingerprint density at radius 1 is 1.42 bits per heavy atom. The number of ether oxygens (including phenoxy) is 1. The Balaban J connectivity index is 2.78. The summed E-state index contributed by atoms with van der Waals surface area (Å²) in [5.41, 5.74) is -0.341.